The van der Waals surface area contributed by atoms with Crippen molar-refractivity contribution in [3.05, 3.63) is 59.7 Å². The van der Waals surface area contributed by atoms with E-state index in [4.69, 9.17) is 9.47 Å². The highest BCUT2D eigenvalue weighted by Gasteiger charge is 2.26. The number of thioether (sulfide) groups is 1. The van der Waals surface area contributed by atoms with Crippen LogP contribution in [0.5, 0.6) is 5.75 Å². The Morgan fingerprint density at radius 2 is 2.00 bits per heavy atom. The number of hydrogen-bond acceptors (Lipinski definition) is 4. The van der Waals surface area contributed by atoms with Crippen LogP contribution in [0.2, 0.25) is 0 Å². The van der Waals surface area contributed by atoms with E-state index in [0.29, 0.717) is 19.7 Å². The normalized spacial score (nSPS) is 17.4. The monoisotopic (exact) mass is 357 g/mol. The third kappa shape index (κ3) is 4.35. The van der Waals surface area contributed by atoms with Gasteiger partial charge in [0.2, 0.25) is 0 Å². The molecule has 1 amide bonds. The maximum Gasteiger partial charge on any atom is 0.255 e. The summed E-state index contributed by atoms with van der Waals surface area (Å²) in [5.74, 6) is 0.937. The summed E-state index contributed by atoms with van der Waals surface area (Å²) in [7, 11) is 1.66. The van der Waals surface area contributed by atoms with Crippen LogP contribution in [0, 0.1) is 0 Å². The summed E-state index contributed by atoms with van der Waals surface area (Å²) < 4.78 is 11.1. The Labute approximate surface area is 153 Å². The Kier molecular flexibility index (Phi) is 6.00. The molecule has 25 heavy (non-hydrogen) atoms. The van der Waals surface area contributed by atoms with Crippen molar-refractivity contribution < 1.29 is 14.3 Å². The van der Waals surface area contributed by atoms with Crippen molar-refractivity contribution in [1.82, 2.24) is 4.90 Å². The van der Waals surface area contributed by atoms with Gasteiger partial charge in [0.05, 0.1) is 25.4 Å². The Morgan fingerprint density at radius 3 is 2.72 bits per heavy atom. The first-order valence-corrected chi connectivity index (χ1v) is 9.60. The van der Waals surface area contributed by atoms with Crippen LogP contribution in [0.25, 0.3) is 0 Å². The van der Waals surface area contributed by atoms with Crippen molar-refractivity contribution in [2.75, 3.05) is 33.1 Å². The summed E-state index contributed by atoms with van der Waals surface area (Å²) in [6.45, 7) is 1.84. The lowest BCUT2D eigenvalue weighted by Crippen LogP contribution is -2.46. The van der Waals surface area contributed by atoms with Crippen molar-refractivity contribution in [2.45, 2.75) is 17.4 Å². The highest BCUT2D eigenvalue weighted by molar-refractivity contribution is 7.98. The van der Waals surface area contributed by atoms with Crippen LogP contribution in [-0.2, 0) is 11.2 Å². The van der Waals surface area contributed by atoms with E-state index in [2.05, 4.69) is 0 Å². The molecule has 132 valence electrons. The van der Waals surface area contributed by atoms with Gasteiger partial charge in [0.25, 0.3) is 5.91 Å². The van der Waals surface area contributed by atoms with Crippen molar-refractivity contribution in [3.63, 3.8) is 0 Å². The second-order valence-corrected chi connectivity index (χ2v) is 6.84. The molecule has 1 atom stereocenters. The van der Waals surface area contributed by atoms with E-state index in [-0.39, 0.29) is 12.0 Å². The average Bonchev–Trinajstić information content (AvgIpc) is 2.68. The van der Waals surface area contributed by atoms with Gasteiger partial charge in [-0.05, 0) is 36.1 Å². The summed E-state index contributed by atoms with van der Waals surface area (Å²) in [5.41, 5.74) is 1.96. The molecule has 0 aliphatic carbocycles. The predicted molar refractivity (Wildman–Crippen MR) is 101 cm³/mol. The molecule has 1 heterocycles. The van der Waals surface area contributed by atoms with Gasteiger partial charge < -0.3 is 14.4 Å². The van der Waals surface area contributed by atoms with Crippen LogP contribution in [0.3, 0.4) is 0 Å². The predicted octanol–water partition coefficient (Wildman–Crippen LogP) is 3.50. The van der Waals surface area contributed by atoms with Crippen molar-refractivity contribution in [1.29, 1.82) is 0 Å². The fourth-order valence-electron chi connectivity index (χ4n) is 3.04. The van der Waals surface area contributed by atoms with E-state index in [1.165, 1.54) is 5.56 Å². The van der Waals surface area contributed by atoms with Crippen molar-refractivity contribution in [2.24, 2.45) is 0 Å². The minimum atomic E-state index is 0.0209. The zero-order valence-corrected chi connectivity index (χ0v) is 15.4. The summed E-state index contributed by atoms with van der Waals surface area (Å²) in [4.78, 5) is 15.8. The summed E-state index contributed by atoms with van der Waals surface area (Å²) in [6.07, 6.45) is 2.81. The summed E-state index contributed by atoms with van der Waals surface area (Å²) in [6, 6.07) is 15.8. The topological polar surface area (TPSA) is 38.8 Å². The average molecular weight is 357 g/mol. The lowest BCUT2D eigenvalue weighted by molar-refractivity contribution is -0.0209. The van der Waals surface area contributed by atoms with Gasteiger partial charge in [-0.2, -0.15) is 0 Å². The highest BCUT2D eigenvalue weighted by atomic mass is 32.2. The molecule has 5 heteroatoms. The molecular weight excluding hydrogens is 334 g/mol. The first-order chi connectivity index (χ1) is 12.2. The van der Waals surface area contributed by atoms with E-state index in [9.17, 15) is 4.79 Å². The summed E-state index contributed by atoms with van der Waals surface area (Å²) in [5, 5.41) is 0. The van der Waals surface area contributed by atoms with Crippen LogP contribution in [0.15, 0.2) is 53.4 Å². The standard InChI is InChI=1S/C20H23NO3S/c1-23-16-9-7-15(8-10-16)13-17-14-21(11-12-24-17)20(22)18-5-3-4-6-19(18)25-2/h3-10,17H,11-14H2,1-2H3/t17-/m0/s1. The molecule has 0 bridgehead atoms. The molecule has 3 rings (SSSR count). The first-order valence-electron chi connectivity index (χ1n) is 8.38. The third-order valence-electron chi connectivity index (χ3n) is 4.39. The molecule has 0 N–H and O–H groups in total. The van der Waals surface area contributed by atoms with Gasteiger partial charge in [-0.1, -0.05) is 24.3 Å². The van der Waals surface area contributed by atoms with Gasteiger partial charge in [-0.25, -0.2) is 0 Å². The van der Waals surface area contributed by atoms with Gasteiger partial charge in [0.1, 0.15) is 5.75 Å². The number of ether oxygens (including phenoxy) is 2. The summed E-state index contributed by atoms with van der Waals surface area (Å²) >= 11 is 1.60. The molecule has 1 saturated heterocycles. The van der Waals surface area contributed by atoms with E-state index in [0.717, 1.165) is 22.6 Å². The van der Waals surface area contributed by atoms with Crippen LogP contribution < -0.4 is 4.74 Å². The maximum atomic E-state index is 12.9. The minimum absolute atomic E-state index is 0.0209. The molecule has 0 aromatic heterocycles. The number of rotatable bonds is 5. The Morgan fingerprint density at radius 1 is 1.24 bits per heavy atom. The number of carbonyl (C=O) groups is 1. The zero-order chi connectivity index (χ0) is 17.6. The van der Waals surface area contributed by atoms with Crippen LogP contribution in [-0.4, -0.2) is 50.0 Å². The molecule has 4 nitrogen and oxygen atoms in total. The van der Waals surface area contributed by atoms with E-state index in [1.807, 2.05) is 59.7 Å². The first kappa shape index (κ1) is 17.8. The van der Waals surface area contributed by atoms with Gasteiger partial charge in [-0.3, -0.25) is 4.79 Å². The van der Waals surface area contributed by atoms with Gasteiger partial charge in [-0.15, -0.1) is 11.8 Å². The van der Waals surface area contributed by atoms with E-state index in [1.54, 1.807) is 18.9 Å². The fraction of sp³-hybridized carbons (Fsp3) is 0.350. The number of amides is 1. The minimum Gasteiger partial charge on any atom is -0.497 e. The Hall–Kier alpha value is -1.98. The van der Waals surface area contributed by atoms with E-state index >= 15 is 0 Å². The maximum absolute atomic E-state index is 12.9. The zero-order valence-electron chi connectivity index (χ0n) is 14.6. The van der Waals surface area contributed by atoms with Crippen molar-refractivity contribution >= 4 is 17.7 Å². The second-order valence-electron chi connectivity index (χ2n) is 6.00. The van der Waals surface area contributed by atoms with Gasteiger partial charge in [0, 0.05) is 24.4 Å². The molecule has 0 radical (unpaired) electrons. The van der Waals surface area contributed by atoms with Crippen molar-refractivity contribution in [3.8, 4) is 5.75 Å². The number of benzene rings is 2. The molecular formula is C20H23NO3S. The Balaban J connectivity index is 1.66. The smallest absolute Gasteiger partial charge is 0.255 e. The Bertz CT molecular complexity index is 717. The molecule has 1 aliphatic heterocycles. The SMILES string of the molecule is COc1ccc(C[C@H]2CN(C(=O)c3ccccc3SC)CCO2)cc1. The molecule has 0 saturated carbocycles. The second kappa shape index (κ2) is 8.41. The molecule has 0 spiro atoms. The number of hydrogen-bond donors (Lipinski definition) is 0. The number of morpholine rings is 1. The molecule has 1 fully saturated rings. The third-order valence-corrected chi connectivity index (χ3v) is 5.18. The van der Waals surface area contributed by atoms with E-state index < -0.39 is 0 Å². The van der Waals surface area contributed by atoms with Gasteiger partial charge in [0.15, 0.2) is 0 Å². The molecule has 2 aromatic rings. The number of methoxy groups -OCH3 is 1. The lowest BCUT2D eigenvalue weighted by Gasteiger charge is -2.33. The van der Waals surface area contributed by atoms with Crippen LogP contribution in [0.4, 0.5) is 0 Å². The largest absolute Gasteiger partial charge is 0.497 e. The van der Waals surface area contributed by atoms with Crippen LogP contribution in [0.1, 0.15) is 15.9 Å². The number of carbonyl (C=O) groups excluding carboxylic acids is 1. The number of nitrogens with zero attached hydrogens (tertiary/aromatic N) is 1. The fourth-order valence-corrected chi connectivity index (χ4v) is 3.63. The van der Waals surface area contributed by atoms with Crippen LogP contribution >= 0.6 is 11.8 Å². The lowest BCUT2D eigenvalue weighted by atomic mass is 10.1. The van der Waals surface area contributed by atoms with Gasteiger partial charge >= 0.3 is 0 Å². The molecule has 1 aliphatic rings. The molecule has 2 aromatic carbocycles. The molecule has 0 unspecified atom stereocenters. The highest BCUT2D eigenvalue weighted by Crippen LogP contribution is 2.23. The quantitative estimate of drug-likeness (QED) is 0.768.